The van der Waals surface area contributed by atoms with Gasteiger partial charge in [-0.2, -0.15) is 4.31 Å². The first kappa shape index (κ1) is 33.1. The minimum absolute atomic E-state index is 0.156. The number of benzene rings is 1. The molecule has 1 fully saturated rings. The smallest absolute Gasteiger partial charge is 0.325 e. The lowest BCUT2D eigenvalue weighted by molar-refractivity contribution is -0.143. The molecule has 214 valence electrons. The predicted molar refractivity (Wildman–Crippen MR) is 165 cm³/mol. The zero-order valence-corrected chi connectivity index (χ0v) is 27.4. The van der Waals surface area contributed by atoms with E-state index in [1.54, 1.807) is 12.1 Å². The Morgan fingerprint density at radius 2 is 1.79 bits per heavy atom. The lowest BCUT2D eigenvalue weighted by Crippen LogP contribution is -2.40. The summed E-state index contributed by atoms with van der Waals surface area (Å²) >= 11 is 1.84. The van der Waals surface area contributed by atoms with Gasteiger partial charge in [-0.05, 0) is 82.5 Å². The molecule has 0 radical (unpaired) electrons. The van der Waals surface area contributed by atoms with Gasteiger partial charge in [0.2, 0.25) is 10.0 Å². The molecular weight excluding hydrogens is 635 g/mol. The van der Waals surface area contributed by atoms with E-state index in [0.29, 0.717) is 44.2 Å². The second kappa shape index (κ2) is 15.1. The Morgan fingerprint density at radius 3 is 2.42 bits per heavy atom. The molecule has 1 aromatic heterocycles. The van der Waals surface area contributed by atoms with Crippen LogP contribution in [0.2, 0.25) is 0 Å². The van der Waals surface area contributed by atoms with Gasteiger partial charge in [-0.3, -0.25) is 4.79 Å². The van der Waals surface area contributed by atoms with Crippen molar-refractivity contribution in [3.8, 4) is 0 Å². The summed E-state index contributed by atoms with van der Waals surface area (Å²) < 4.78 is 41.2. The molecule has 38 heavy (non-hydrogen) atoms. The third kappa shape index (κ3) is 7.77. The van der Waals surface area contributed by atoms with E-state index in [1.165, 1.54) is 15.6 Å². The van der Waals surface area contributed by atoms with Crippen molar-refractivity contribution >= 4 is 47.0 Å². The van der Waals surface area contributed by atoms with Crippen LogP contribution in [0.5, 0.6) is 0 Å². The highest BCUT2D eigenvalue weighted by atomic mass is 127. The molecule has 0 unspecified atom stereocenters. The van der Waals surface area contributed by atoms with Crippen molar-refractivity contribution in [2.24, 2.45) is 5.41 Å². The molecule has 1 aliphatic carbocycles. The van der Waals surface area contributed by atoms with E-state index in [2.05, 4.69) is 28.2 Å². The number of halogens is 1. The lowest BCUT2D eigenvalue weighted by atomic mass is 9.75. The Bertz CT molecular complexity index is 1170. The first-order valence-electron chi connectivity index (χ1n) is 13.3. The van der Waals surface area contributed by atoms with E-state index >= 15 is 0 Å². The van der Waals surface area contributed by atoms with Gasteiger partial charge in [0.05, 0.1) is 24.7 Å². The monoisotopic (exact) mass is 678 g/mol. The molecule has 0 spiro atoms. The fourth-order valence-corrected chi connectivity index (χ4v) is 6.87. The van der Waals surface area contributed by atoms with Crippen LogP contribution in [0.1, 0.15) is 69.1 Å². The zero-order valence-electron chi connectivity index (χ0n) is 23.5. The highest BCUT2D eigenvalue weighted by molar-refractivity contribution is 14.2. The number of sulfonamides is 1. The summed E-state index contributed by atoms with van der Waals surface area (Å²) in [7, 11) is -0.119. The molecule has 2 aromatic rings. The molecule has 10 heteroatoms. The van der Waals surface area contributed by atoms with Gasteiger partial charge in [-0.25, -0.2) is 8.42 Å². The third-order valence-electron chi connectivity index (χ3n) is 7.09. The summed E-state index contributed by atoms with van der Waals surface area (Å²) in [4.78, 5) is 12.7. The Hall–Kier alpha value is -1.08. The zero-order chi connectivity index (χ0) is 28.5. The number of nitrogens with zero attached hydrogens (tertiary/aromatic N) is 2. The second-order valence-corrected chi connectivity index (χ2v) is 11.9. The van der Waals surface area contributed by atoms with Gasteiger partial charge in [-0.15, -0.1) is 9.80 Å². The average molecular weight is 679 g/mol. The maximum absolute atomic E-state index is 13.5. The third-order valence-corrected chi connectivity index (χ3v) is 9.09. The molecule has 2 heterocycles. The van der Waals surface area contributed by atoms with E-state index < -0.39 is 10.0 Å². The van der Waals surface area contributed by atoms with Crippen LogP contribution >= 0.6 is 31.0 Å². The predicted octanol–water partition coefficient (Wildman–Crippen LogP) is 5.78. The average Bonchev–Trinajstić information content (AvgIpc) is 3.16. The van der Waals surface area contributed by atoms with Crippen molar-refractivity contribution in [3.05, 3.63) is 52.3 Å². The topological polar surface area (TPSA) is 77.8 Å². The molecule has 0 N–H and O–H groups in total. The molecule has 1 aromatic carbocycles. The van der Waals surface area contributed by atoms with Crippen molar-refractivity contribution in [3.63, 3.8) is 0 Å². The Labute approximate surface area is 246 Å². The van der Waals surface area contributed by atoms with Crippen molar-refractivity contribution < 1.29 is 22.7 Å². The summed E-state index contributed by atoms with van der Waals surface area (Å²) in [6.45, 7) is 14.5. The van der Waals surface area contributed by atoms with Crippen molar-refractivity contribution in [2.45, 2.75) is 78.7 Å². The normalized spacial score (nSPS) is 16.8. The molecule has 0 atom stereocenters. The van der Waals surface area contributed by atoms with Gasteiger partial charge in [0, 0.05) is 30.9 Å². The van der Waals surface area contributed by atoms with Gasteiger partial charge in [0.1, 0.15) is 6.54 Å². The number of hydrogen-bond donors (Lipinski definition) is 1. The Balaban J connectivity index is 0.00000121. The molecule has 0 bridgehead atoms. The molecule has 1 aliphatic heterocycles. The van der Waals surface area contributed by atoms with Crippen LogP contribution in [0.4, 0.5) is 0 Å². The molecule has 0 saturated carbocycles. The number of fused-ring (bicyclic) bond motifs is 1. The van der Waals surface area contributed by atoms with E-state index in [4.69, 9.17) is 9.47 Å². The quantitative estimate of drug-likeness (QED) is 0.229. The molecule has 1 saturated heterocycles. The highest BCUT2D eigenvalue weighted by Gasteiger charge is 2.33. The van der Waals surface area contributed by atoms with Gasteiger partial charge in [0.25, 0.3) is 0 Å². The maximum Gasteiger partial charge on any atom is 0.325 e. The number of thiol groups is 1. The van der Waals surface area contributed by atoms with Crippen molar-refractivity contribution in [2.75, 3.05) is 32.9 Å². The van der Waals surface area contributed by atoms with E-state index in [1.807, 2.05) is 61.0 Å². The molecule has 7 nitrogen and oxygen atoms in total. The SMILES string of the molecule is CC.CCOC(=O)Cn1c(C)c(Cc2ccccc2S(=O)(=O)N2CCOCC2)c2c1CCC(C)(C)C2.SI. The van der Waals surface area contributed by atoms with Crippen LogP contribution in [0.15, 0.2) is 29.2 Å². The van der Waals surface area contributed by atoms with E-state index in [-0.39, 0.29) is 17.9 Å². The van der Waals surface area contributed by atoms with Gasteiger partial charge in [0.15, 0.2) is 0 Å². The fourth-order valence-electron chi connectivity index (χ4n) is 5.24. The molecular formula is C28H43IN2O5S2. The van der Waals surface area contributed by atoms with E-state index in [0.717, 1.165) is 36.1 Å². The van der Waals surface area contributed by atoms with Crippen LogP contribution in [0, 0.1) is 12.3 Å². The van der Waals surface area contributed by atoms with Gasteiger partial charge < -0.3 is 14.0 Å². The lowest BCUT2D eigenvalue weighted by Gasteiger charge is -2.31. The first-order chi connectivity index (χ1) is 18.1. The summed E-state index contributed by atoms with van der Waals surface area (Å²) in [6, 6.07) is 7.31. The fraction of sp³-hybridized carbons (Fsp3) is 0.607. The second-order valence-electron chi connectivity index (χ2n) is 10.0. The molecule has 4 rings (SSSR count). The van der Waals surface area contributed by atoms with Gasteiger partial charge in [-0.1, -0.05) is 45.9 Å². The Kier molecular flexibility index (Phi) is 13.1. The van der Waals surface area contributed by atoms with Gasteiger partial charge >= 0.3 is 5.97 Å². The summed E-state index contributed by atoms with van der Waals surface area (Å²) in [6.07, 6.45) is 3.37. The van der Waals surface area contributed by atoms with Crippen LogP contribution in [-0.2, 0) is 50.1 Å². The van der Waals surface area contributed by atoms with E-state index in [9.17, 15) is 13.2 Å². The minimum Gasteiger partial charge on any atom is -0.465 e. The summed E-state index contributed by atoms with van der Waals surface area (Å²) in [5.74, 6) is -0.241. The number of hydrogen-bond acceptors (Lipinski definition) is 6. The summed E-state index contributed by atoms with van der Waals surface area (Å²) in [5.41, 5.74) is 5.55. The first-order valence-corrected chi connectivity index (χ1v) is 18.0. The highest BCUT2D eigenvalue weighted by Crippen LogP contribution is 2.40. The largest absolute Gasteiger partial charge is 0.465 e. The number of ether oxygens (including phenoxy) is 2. The number of carbonyl (C=O) groups excluding carboxylic acids is 1. The maximum atomic E-state index is 13.5. The Morgan fingerprint density at radius 1 is 1.16 bits per heavy atom. The van der Waals surface area contributed by atoms with Crippen molar-refractivity contribution in [1.29, 1.82) is 0 Å². The van der Waals surface area contributed by atoms with Crippen LogP contribution < -0.4 is 0 Å². The summed E-state index contributed by atoms with van der Waals surface area (Å²) in [5, 5.41) is 0. The van der Waals surface area contributed by atoms with Crippen LogP contribution in [0.25, 0.3) is 0 Å². The standard InChI is InChI=1S/C26H36N2O5S.C2H6.HIS/c1-5-33-25(29)18-28-19(2)21(22-17-26(3,4)11-10-23(22)28)16-20-8-6-7-9-24(20)34(30,31)27-12-14-32-15-13-27;2*1-2/h6-9H,5,10-18H2,1-4H3;1-2H3;2H. The number of morpholine rings is 1. The number of carbonyl (C=O) groups is 1. The number of rotatable bonds is 7. The molecule has 2 aliphatic rings. The van der Waals surface area contributed by atoms with Crippen LogP contribution in [-0.4, -0.2) is 56.2 Å². The number of aromatic nitrogens is 1. The minimum atomic E-state index is -3.62. The van der Waals surface area contributed by atoms with Crippen LogP contribution in [0.3, 0.4) is 0 Å². The van der Waals surface area contributed by atoms with Crippen molar-refractivity contribution in [1.82, 2.24) is 8.87 Å². The molecule has 0 amide bonds. The number of esters is 1.